The van der Waals surface area contributed by atoms with Gasteiger partial charge in [-0.05, 0) is 27.2 Å². The molecule has 0 aromatic heterocycles. The first kappa shape index (κ1) is 11.4. The van der Waals surface area contributed by atoms with Gasteiger partial charge in [0.2, 0.25) is 0 Å². The Morgan fingerprint density at radius 3 is 2.25 bits per heavy atom. The summed E-state index contributed by atoms with van der Waals surface area (Å²) < 4.78 is 0. The molecule has 12 heavy (non-hydrogen) atoms. The number of aliphatic carboxylic acids is 1. The van der Waals surface area contributed by atoms with Crippen LogP contribution in [0.25, 0.3) is 0 Å². The van der Waals surface area contributed by atoms with E-state index in [4.69, 9.17) is 10.2 Å². The standard InChI is InChI=1S/C8H17NO3/c1-8(2,3)9-6(4-5-10)7(11)12/h6,9-10H,4-5H2,1-3H3,(H,11,12)/t6-/m0/s1. The lowest BCUT2D eigenvalue weighted by Crippen LogP contribution is -2.48. The second-order valence-corrected chi connectivity index (χ2v) is 3.80. The van der Waals surface area contributed by atoms with Crippen LogP contribution in [0.2, 0.25) is 0 Å². The van der Waals surface area contributed by atoms with Crippen LogP contribution in [0.4, 0.5) is 0 Å². The fourth-order valence-electron chi connectivity index (χ4n) is 0.909. The Morgan fingerprint density at radius 1 is 1.50 bits per heavy atom. The lowest BCUT2D eigenvalue weighted by molar-refractivity contribution is -0.140. The average molecular weight is 175 g/mol. The molecule has 0 aromatic carbocycles. The van der Waals surface area contributed by atoms with Gasteiger partial charge in [-0.3, -0.25) is 10.1 Å². The van der Waals surface area contributed by atoms with Gasteiger partial charge >= 0.3 is 5.97 Å². The highest BCUT2D eigenvalue weighted by atomic mass is 16.4. The summed E-state index contributed by atoms with van der Waals surface area (Å²) in [5.41, 5.74) is -0.238. The van der Waals surface area contributed by atoms with E-state index >= 15 is 0 Å². The Morgan fingerprint density at radius 2 is 2.00 bits per heavy atom. The molecule has 0 saturated carbocycles. The molecule has 0 bridgehead atoms. The van der Waals surface area contributed by atoms with Gasteiger partial charge in [0.15, 0.2) is 0 Å². The number of hydrogen-bond donors (Lipinski definition) is 3. The molecule has 3 N–H and O–H groups in total. The quantitative estimate of drug-likeness (QED) is 0.571. The van der Waals surface area contributed by atoms with Gasteiger partial charge in [0.25, 0.3) is 0 Å². The summed E-state index contributed by atoms with van der Waals surface area (Å²) in [7, 11) is 0. The van der Waals surface area contributed by atoms with E-state index < -0.39 is 12.0 Å². The van der Waals surface area contributed by atoms with Gasteiger partial charge < -0.3 is 10.2 Å². The van der Waals surface area contributed by atoms with Crippen molar-refractivity contribution in [2.75, 3.05) is 6.61 Å². The number of aliphatic hydroxyl groups excluding tert-OH is 1. The molecule has 0 spiro atoms. The largest absolute Gasteiger partial charge is 0.480 e. The number of carbonyl (C=O) groups is 1. The maximum Gasteiger partial charge on any atom is 0.320 e. The molecule has 72 valence electrons. The molecule has 0 saturated heterocycles. The van der Waals surface area contributed by atoms with E-state index in [1.54, 1.807) is 0 Å². The Hall–Kier alpha value is -0.610. The first-order valence-corrected chi connectivity index (χ1v) is 3.98. The maximum absolute atomic E-state index is 10.6. The molecule has 0 aliphatic rings. The predicted molar refractivity (Wildman–Crippen MR) is 46.0 cm³/mol. The number of nitrogens with one attached hydrogen (secondary N) is 1. The van der Waals surface area contributed by atoms with E-state index in [0.717, 1.165) is 0 Å². The van der Waals surface area contributed by atoms with Crippen molar-refractivity contribution in [1.82, 2.24) is 5.32 Å². The van der Waals surface area contributed by atoms with Crippen LogP contribution in [0.15, 0.2) is 0 Å². The molecule has 0 heterocycles. The summed E-state index contributed by atoms with van der Waals surface area (Å²) in [6.45, 7) is 5.56. The van der Waals surface area contributed by atoms with E-state index in [0.29, 0.717) is 0 Å². The van der Waals surface area contributed by atoms with Crippen LogP contribution in [0, 0.1) is 0 Å². The zero-order valence-corrected chi connectivity index (χ0v) is 7.79. The number of rotatable bonds is 4. The number of carboxylic acid groups (broad SMARTS) is 1. The van der Waals surface area contributed by atoms with Crippen molar-refractivity contribution in [3.05, 3.63) is 0 Å². The van der Waals surface area contributed by atoms with E-state index in [1.807, 2.05) is 20.8 Å². The lowest BCUT2D eigenvalue weighted by atomic mass is 10.1. The SMILES string of the molecule is CC(C)(C)N[C@@H](CCO)C(=O)O. The topological polar surface area (TPSA) is 69.6 Å². The zero-order valence-electron chi connectivity index (χ0n) is 7.79. The van der Waals surface area contributed by atoms with E-state index in [9.17, 15) is 4.79 Å². The number of aliphatic hydroxyl groups is 1. The van der Waals surface area contributed by atoms with Crippen molar-refractivity contribution in [3.8, 4) is 0 Å². The third-order valence-corrected chi connectivity index (χ3v) is 1.32. The minimum atomic E-state index is -0.918. The molecule has 0 amide bonds. The van der Waals surface area contributed by atoms with Gasteiger partial charge in [-0.25, -0.2) is 0 Å². The van der Waals surface area contributed by atoms with E-state index in [2.05, 4.69) is 5.32 Å². The molecule has 0 aliphatic carbocycles. The van der Waals surface area contributed by atoms with Crippen LogP contribution in [0.1, 0.15) is 27.2 Å². The van der Waals surface area contributed by atoms with E-state index in [1.165, 1.54) is 0 Å². The molecule has 0 rings (SSSR count). The minimum Gasteiger partial charge on any atom is -0.480 e. The second kappa shape index (κ2) is 4.42. The fourth-order valence-corrected chi connectivity index (χ4v) is 0.909. The van der Waals surface area contributed by atoms with Crippen molar-refractivity contribution in [3.63, 3.8) is 0 Å². The van der Waals surface area contributed by atoms with Crippen molar-refractivity contribution >= 4 is 5.97 Å². The van der Waals surface area contributed by atoms with Gasteiger partial charge in [0.1, 0.15) is 6.04 Å². The maximum atomic E-state index is 10.6. The highest BCUT2D eigenvalue weighted by molar-refractivity contribution is 5.73. The van der Waals surface area contributed by atoms with Crippen LogP contribution >= 0.6 is 0 Å². The molecule has 0 aromatic rings. The average Bonchev–Trinajstić information content (AvgIpc) is 1.83. The van der Waals surface area contributed by atoms with Crippen LogP contribution < -0.4 is 5.32 Å². The Kier molecular flexibility index (Phi) is 4.20. The molecule has 0 aliphatic heterocycles. The molecular weight excluding hydrogens is 158 g/mol. The van der Waals surface area contributed by atoms with Gasteiger partial charge in [-0.2, -0.15) is 0 Å². The lowest BCUT2D eigenvalue weighted by Gasteiger charge is -2.25. The summed E-state index contributed by atoms with van der Waals surface area (Å²) in [5.74, 6) is -0.918. The summed E-state index contributed by atoms with van der Waals surface area (Å²) in [6, 6.07) is -0.657. The Balaban J connectivity index is 4.05. The van der Waals surface area contributed by atoms with Crippen molar-refractivity contribution in [1.29, 1.82) is 0 Å². The van der Waals surface area contributed by atoms with Crippen LogP contribution in [0.5, 0.6) is 0 Å². The highest BCUT2D eigenvalue weighted by Gasteiger charge is 2.22. The normalized spacial score (nSPS) is 14.3. The van der Waals surface area contributed by atoms with Crippen molar-refractivity contribution in [2.45, 2.75) is 38.8 Å². The van der Waals surface area contributed by atoms with Gasteiger partial charge in [0.05, 0.1) is 0 Å². The Bertz CT molecular complexity index is 151. The predicted octanol–water partition coefficient (Wildman–Crippen LogP) is 0.210. The third kappa shape index (κ3) is 5.09. The smallest absolute Gasteiger partial charge is 0.320 e. The summed E-state index contributed by atoms with van der Waals surface area (Å²) in [4.78, 5) is 10.6. The highest BCUT2D eigenvalue weighted by Crippen LogP contribution is 2.03. The molecular formula is C8H17NO3. The summed E-state index contributed by atoms with van der Waals surface area (Å²) in [6.07, 6.45) is 0.243. The molecule has 4 nitrogen and oxygen atoms in total. The summed E-state index contributed by atoms with van der Waals surface area (Å²) >= 11 is 0. The first-order chi connectivity index (χ1) is 5.37. The second-order valence-electron chi connectivity index (χ2n) is 3.80. The zero-order chi connectivity index (χ0) is 9.78. The molecule has 4 heteroatoms. The third-order valence-electron chi connectivity index (χ3n) is 1.32. The van der Waals surface area contributed by atoms with E-state index in [-0.39, 0.29) is 18.6 Å². The van der Waals surface area contributed by atoms with Crippen LogP contribution in [-0.2, 0) is 4.79 Å². The fraction of sp³-hybridized carbons (Fsp3) is 0.875. The number of hydrogen-bond acceptors (Lipinski definition) is 3. The van der Waals surface area contributed by atoms with Crippen molar-refractivity contribution < 1.29 is 15.0 Å². The molecule has 1 atom stereocenters. The Labute approximate surface area is 72.6 Å². The van der Waals surface area contributed by atoms with Gasteiger partial charge in [-0.1, -0.05) is 0 Å². The molecule has 0 unspecified atom stereocenters. The minimum absolute atomic E-state index is 0.111. The van der Waals surface area contributed by atoms with Gasteiger partial charge in [-0.15, -0.1) is 0 Å². The molecule has 0 radical (unpaired) electrons. The summed E-state index contributed by atoms with van der Waals surface area (Å²) in [5, 5.41) is 20.2. The van der Waals surface area contributed by atoms with Crippen LogP contribution in [-0.4, -0.2) is 34.4 Å². The first-order valence-electron chi connectivity index (χ1n) is 3.98. The van der Waals surface area contributed by atoms with Gasteiger partial charge in [0, 0.05) is 12.1 Å². The van der Waals surface area contributed by atoms with Crippen LogP contribution in [0.3, 0.4) is 0 Å². The number of carboxylic acids is 1. The molecule has 0 fully saturated rings. The monoisotopic (exact) mass is 175 g/mol. The van der Waals surface area contributed by atoms with Crippen molar-refractivity contribution in [2.24, 2.45) is 0 Å².